The maximum atomic E-state index is 11.5. The summed E-state index contributed by atoms with van der Waals surface area (Å²) in [6, 6.07) is 0. The zero-order chi connectivity index (χ0) is 12.6. The quantitative estimate of drug-likeness (QED) is 0.622. The Hall–Kier alpha value is -0.660. The second-order valence-electron chi connectivity index (χ2n) is 3.40. The fraction of sp³-hybridized carbons (Fsp3) is 0.889. The molecule has 7 heteroatoms. The van der Waals surface area contributed by atoms with Gasteiger partial charge >= 0.3 is 5.97 Å². The summed E-state index contributed by atoms with van der Waals surface area (Å²) >= 11 is 0. The van der Waals surface area contributed by atoms with Crippen LogP contribution in [0.1, 0.15) is 26.2 Å². The molecule has 0 fully saturated rings. The molecule has 0 aromatic carbocycles. The highest BCUT2D eigenvalue weighted by Crippen LogP contribution is 1.99. The molecular formula is C9H20N2O4S. The van der Waals surface area contributed by atoms with Gasteiger partial charge in [0, 0.05) is 26.6 Å². The molecule has 0 aliphatic heterocycles. The average molecular weight is 252 g/mol. The summed E-state index contributed by atoms with van der Waals surface area (Å²) in [6.45, 7) is 2.61. The Morgan fingerprint density at radius 3 is 2.56 bits per heavy atom. The van der Waals surface area contributed by atoms with E-state index in [0.29, 0.717) is 19.5 Å². The van der Waals surface area contributed by atoms with Crippen molar-refractivity contribution in [3.05, 3.63) is 0 Å². The van der Waals surface area contributed by atoms with E-state index in [9.17, 15) is 13.2 Å². The summed E-state index contributed by atoms with van der Waals surface area (Å²) in [7, 11) is -0.603. The molecule has 0 heterocycles. The van der Waals surface area contributed by atoms with Crippen molar-refractivity contribution in [1.82, 2.24) is 9.03 Å². The normalized spacial score (nSPS) is 11.8. The molecule has 0 bridgehead atoms. The topological polar surface area (TPSA) is 75.7 Å². The molecule has 0 aromatic rings. The zero-order valence-electron chi connectivity index (χ0n) is 10.0. The Labute approximate surface area is 97.1 Å². The van der Waals surface area contributed by atoms with Gasteiger partial charge in [-0.2, -0.15) is 12.7 Å². The van der Waals surface area contributed by atoms with Crippen LogP contribution in [-0.4, -0.2) is 45.9 Å². The molecule has 0 saturated carbocycles. The number of rotatable bonds is 8. The van der Waals surface area contributed by atoms with Crippen molar-refractivity contribution in [2.75, 3.05) is 27.2 Å². The van der Waals surface area contributed by atoms with Gasteiger partial charge in [0.1, 0.15) is 0 Å². The fourth-order valence-electron chi connectivity index (χ4n) is 1.01. The molecule has 0 aliphatic rings. The van der Waals surface area contributed by atoms with E-state index in [1.165, 1.54) is 18.5 Å². The summed E-state index contributed by atoms with van der Waals surface area (Å²) in [5.74, 6) is -0.327. The Bertz CT molecular complexity index is 303. The molecule has 0 unspecified atom stereocenters. The standard InChI is InChI=1S/C9H20N2O4S/c1-4-7-10-16(13,14)11(2)8-5-6-9(12)15-3/h10H,4-8H2,1-3H3. The molecule has 0 amide bonds. The first-order chi connectivity index (χ1) is 7.44. The smallest absolute Gasteiger partial charge is 0.305 e. The summed E-state index contributed by atoms with van der Waals surface area (Å²) in [5.41, 5.74) is 0. The predicted molar refractivity (Wildman–Crippen MR) is 61.1 cm³/mol. The molecule has 0 atom stereocenters. The zero-order valence-corrected chi connectivity index (χ0v) is 10.8. The minimum atomic E-state index is -3.40. The lowest BCUT2D eigenvalue weighted by Gasteiger charge is -2.16. The highest BCUT2D eigenvalue weighted by molar-refractivity contribution is 7.87. The van der Waals surface area contributed by atoms with Gasteiger partial charge in [-0.15, -0.1) is 0 Å². The van der Waals surface area contributed by atoms with E-state index in [0.717, 1.165) is 6.42 Å². The van der Waals surface area contributed by atoms with Crippen LogP contribution >= 0.6 is 0 Å². The van der Waals surface area contributed by atoms with Crippen LogP contribution in [0, 0.1) is 0 Å². The van der Waals surface area contributed by atoms with E-state index in [4.69, 9.17) is 0 Å². The molecule has 96 valence electrons. The van der Waals surface area contributed by atoms with Crippen LogP contribution in [0.4, 0.5) is 0 Å². The van der Waals surface area contributed by atoms with Gasteiger partial charge in [-0.25, -0.2) is 4.72 Å². The maximum Gasteiger partial charge on any atom is 0.305 e. The average Bonchev–Trinajstić information content (AvgIpc) is 2.25. The summed E-state index contributed by atoms with van der Waals surface area (Å²) in [4.78, 5) is 10.8. The number of carbonyl (C=O) groups is 1. The maximum absolute atomic E-state index is 11.5. The van der Waals surface area contributed by atoms with E-state index in [2.05, 4.69) is 9.46 Å². The van der Waals surface area contributed by atoms with E-state index < -0.39 is 10.2 Å². The lowest BCUT2D eigenvalue weighted by atomic mass is 10.3. The van der Waals surface area contributed by atoms with Crippen LogP contribution in [0.25, 0.3) is 0 Å². The first kappa shape index (κ1) is 15.3. The number of nitrogens with zero attached hydrogens (tertiary/aromatic N) is 1. The van der Waals surface area contributed by atoms with Crippen LogP contribution < -0.4 is 4.72 Å². The molecule has 0 radical (unpaired) electrons. The minimum absolute atomic E-state index is 0.226. The second-order valence-corrected chi connectivity index (χ2v) is 5.26. The van der Waals surface area contributed by atoms with E-state index in [-0.39, 0.29) is 12.4 Å². The van der Waals surface area contributed by atoms with Crippen LogP contribution in [0.15, 0.2) is 0 Å². The Kier molecular flexibility index (Phi) is 7.27. The lowest BCUT2D eigenvalue weighted by molar-refractivity contribution is -0.140. The summed E-state index contributed by atoms with van der Waals surface area (Å²) in [6.07, 6.45) is 1.43. The van der Waals surface area contributed by atoms with Crippen molar-refractivity contribution in [1.29, 1.82) is 0 Å². The van der Waals surface area contributed by atoms with Crippen molar-refractivity contribution in [2.45, 2.75) is 26.2 Å². The van der Waals surface area contributed by atoms with Gasteiger partial charge < -0.3 is 4.74 Å². The van der Waals surface area contributed by atoms with Crippen LogP contribution in [-0.2, 0) is 19.7 Å². The van der Waals surface area contributed by atoms with Crippen LogP contribution in [0.3, 0.4) is 0 Å². The molecule has 0 aromatic heterocycles. The third-order valence-corrected chi connectivity index (χ3v) is 3.60. The summed E-state index contributed by atoms with van der Waals surface area (Å²) in [5, 5.41) is 0. The predicted octanol–water partition coefficient (Wildman–Crippen LogP) is 0.116. The second kappa shape index (κ2) is 7.59. The van der Waals surface area contributed by atoms with E-state index in [1.807, 2.05) is 6.92 Å². The van der Waals surface area contributed by atoms with Crippen molar-refractivity contribution >= 4 is 16.2 Å². The van der Waals surface area contributed by atoms with Gasteiger partial charge in [0.05, 0.1) is 7.11 Å². The largest absolute Gasteiger partial charge is 0.469 e. The number of hydrogen-bond donors (Lipinski definition) is 1. The number of esters is 1. The van der Waals surface area contributed by atoms with Gasteiger partial charge in [-0.05, 0) is 12.8 Å². The first-order valence-corrected chi connectivity index (χ1v) is 6.65. The molecule has 0 rings (SSSR count). The third-order valence-electron chi connectivity index (χ3n) is 2.03. The molecule has 16 heavy (non-hydrogen) atoms. The Morgan fingerprint density at radius 2 is 2.06 bits per heavy atom. The Balaban J connectivity index is 3.95. The molecule has 6 nitrogen and oxygen atoms in total. The van der Waals surface area contributed by atoms with Crippen molar-refractivity contribution in [3.63, 3.8) is 0 Å². The molecule has 0 aliphatic carbocycles. The summed E-state index contributed by atoms with van der Waals surface area (Å²) < 4.78 is 31.2. The minimum Gasteiger partial charge on any atom is -0.469 e. The van der Waals surface area contributed by atoms with Crippen molar-refractivity contribution in [2.24, 2.45) is 0 Å². The SMILES string of the molecule is CCCNS(=O)(=O)N(C)CCCC(=O)OC. The van der Waals surface area contributed by atoms with Gasteiger partial charge in [-0.3, -0.25) is 4.79 Å². The number of carbonyl (C=O) groups excluding carboxylic acids is 1. The first-order valence-electron chi connectivity index (χ1n) is 5.21. The number of ether oxygens (including phenoxy) is 1. The van der Waals surface area contributed by atoms with Gasteiger partial charge in [-0.1, -0.05) is 6.92 Å². The number of nitrogens with one attached hydrogen (secondary N) is 1. The van der Waals surface area contributed by atoms with Crippen LogP contribution in [0.2, 0.25) is 0 Å². The number of methoxy groups -OCH3 is 1. The lowest BCUT2D eigenvalue weighted by Crippen LogP contribution is -2.39. The van der Waals surface area contributed by atoms with Gasteiger partial charge in [0.25, 0.3) is 10.2 Å². The fourth-order valence-corrected chi connectivity index (χ4v) is 2.06. The van der Waals surface area contributed by atoms with E-state index in [1.54, 1.807) is 0 Å². The van der Waals surface area contributed by atoms with Crippen molar-refractivity contribution < 1.29 is 17.9 Å². The highest BCUT2D eigenvalue weighted by atomic mass is 32.2. The highest BCUT2D eigenvalue weighted by Gasteiger charge is 2.16. The van der Waals surface area contributed by atoms with Gasteiger partial charge in [0.2, 0.25) is 0 Å². The van der Waals surface area contributed by atoms with Crippen LogP contribution in [0.5, 0.6) is 0 Å². The molecular weight excluding hydrogens is 232 g/mol. The molecule has 0 saturated heterocycles. The third kappa shape index (κ3) is 6.04. The monoisotopic (exact) mass is 252 g/mol. The molecule has 0 spiro atoms. The van der Waals surface area contributed by atoms with E-state index >= 15 is 0 Å². The Morgan fingerprint density at radius 1 is 1.44 bits per heavy atom. The molecule has 1 N–H and O–H groups in total. The van der Waals surface area contributed by atoms with Gasteiger partial charge in [0.15, 0.2) is 0 Å². The van der Waals surface area contributed by atoms with Crippen molar-refractivity contribution in [3.8, 4) is 0 Å². The number of hydrogen-bond acceptors (Lipinski definition) is 4.